The molecule has 0 spiro atoms. The standard InChI is InChI=1S/C19H17N3O4/c1-11(23)10-21-18(25)16-17(24)14-9-13(12-5-7-20-8-6-12)3-4-15(14)22(2)19(16)26/h3-9,24H,10H2,1-2H3,(H,21,25). The van der Waals surface area contributed by atoms with Crippen molar-refractivity contribution in [1.29, 1.82) is 0 Å². The number of Topliss-reactive ketones (excluding diaryl/α,β-unsaturated/α-hetero) is 1. The summed E-state index contributed by atoms with van der Waals surface area (Å²) in [7, 11) is 1.53. The molecule has 3 rings (SSSR count). The third kappa shape index (κ3) is 3.06. The lowest BCUT2D eigenvalue weighted by molar-refractivity contribution is -0.116. The van der Waals surface area contributed by atoms with Gasteiger partial charge in [0.25, 0.3) is 11.5 Å². The van der Waals surface area contributed by atoms with Crippen molar-refractivity contribution in [2.75, 3.05) is 6.54 Å². The minimum absolute atomic E-state index is 0.212. The molecule has 0 saturated carbocycles. The number of rotatable bonds is 4. The first-order valence-electron chi connectivity index (χ1n) is 7.94. The zero-order valence-corrected chi connectivity index (χ0v) is 14.3. The van der Waals surface area contributed by atoms with E-state index in [1.807, 2.05) is 18.2 Å². The van der Waals surface area contributed by atoms with E-state index < -0.39 is 17.2 Å². The summed E-state index contributed by atoms with van der Waals surface area (Å²) >= 11 is 0. The van der Waals surface area contributed by atoms with Gasteiger partial charge in [0.15, 0.2) is 0 Å². The Hall–Kier alpha value is -3.48. The van der Waals surface area contributed by atoms with Crippen LogP contribution in [0.1, 0.15) is 17.3 Å². The van der Waals surface area contributed by atoms with Gasteiger partial charge in [-0.05, 0) is 42.3 Å². The number of nitrogens with zero attached hydrogens (tertiary/aromatic N) is 2. The second kappa shape index (κ2) is 6.79. The van der Waals surface area contributed by atoms with Gasteiger partial charge in [-0.3, -0.25) is 19.4 Å². The molecule has 7 heteroatoms. The predicted octanol–water partition coefficient (Wildman–Crippen LogP) is 1.62. The summed E-state index contributed by atoms with van der Waals surface area (Å²) in [6.07, 6.45) is 3.31. The molecule has 0 saturated heterocycles. The van der Waals surface area contributed by atoms with Gasteiger partial charge in [-0.1, -0.05) is 6.07 Å². The average molecular weight is 351 g/mol. The molecule has 0 fully saturated rings. The van der Waals surface area contributed by atoms with Gasteiger partial charge in [-0.2, -0.15) is 0 Å². The van der Waals surface area contributed by atoms with E-state index in [-0.39, 0.29) is 17.9 Å². The molecule has 0 aliphatic carbocycles. The molecule has 0 bridgehead atoms. The highest BCUT2D eigenvalue weighted by molar-refractivity contribution is 6.04. The van der Waals surface area contributed by atoms with E-state index in [1.165, 1.54) is 18.5 Å². The molecule has 0 atom stereocenters. The molecule has 2 heterocycles. The van der Waals surface area contributed by atoms with Crippen molar-refractivity contribution in [1.82, 2.24) is 14.9 Å². The molecule has 2 N–H and O–H groups in total. The second-order valence-corrected chi connectivity index (χ2v) is 5.94. The zero-order chi connectivity index (χ0) is 18.8. The largest absolute Gasteiger partial charge is 0.506 e. The minimum atomic E-state index is -0.783. The Balaban J connectivity index is 2.19. The number of carbonyl (C=O) groups is 2. The monoisotopic (exact) mass is 351 g/mol. The fraction of sp³-hybridized carbons (Fsp3) is 0.158. The van der Waals surface area contributed by atoms with E-state index in [2.05, 4.69) is 10.3 Å². The van der Waals surface area contributed by atoms with Crippen molar-refractivity contribution in [3.63, 3.8) is 0 Å². The number of benzene rings is 1. The van der Waals surface area contributed by atoms with Crippen LogP contribution in [0.15, 0.2) is 47.5 Å². The Bertz CT molecular complexity index is 1070. The molecule has 0 unspecified atom stereocenters. The van der Waals surface area contributed by atoms with Gasteiger partial charge >= 0.3 is 0 Å². The fourth-order valence-electron chi connectivity index (χ4n) is 2.75. The lowest BCUT2D eigenvalue weighted by Gasteiger charge is -2.13. The Kier molecular flexibility index (Phi) is 4.53. The van der Waals surface area contributed by atoms with Crippen LogP contribution in [0.3, 0.4) is 0 Å². The van der Waals surface area contributed by atoms with Crippen LogP contribution >= 0.6 is 0 Å². The number of ketones is 1. The predicted molar refractivity (Wildman–Crippen MR) is 97.1 cm³/mol. The van der Waals surface area contributed by atoms with Crippen LogP contribution in [0, 0.1) is 0 Å². The number of aromatic nitrogens is 2. The van der Waals surface area contributed by atoms with E-state index in [0.717, 1.165) is 11.1 Å². The van der Waals surface area contributed by atoms with E-state index >= 15 is 0 Å². The Morgan fingerprint density at radius 1 is 1.15 bits per heavy atom. The molecule has 1 amide bonds. The van der Waals surface area contributed by atoms with Gasteiger partial charge in [0, 0.05) is 24.8 Å². The second-order valence-electron chi connectivity index (χ2n) is 5.94. The summed E-state index contributed by atoms with van der Waals surface area (Å²) < 4.78 is 1.30. The Labute approximate surface area is 148 Å². The number of aromatic hydroxyl groups is 1. The van der Waals surface area contributed by atoms with Crippen LogP contribution in [0.25, 0.3) is 22.0 Å². The van der Waals surface area contributed by atoms with Crippen LogP contribution in [0.5, 0.6) is 5.75 Å². The fourth-order valence-corrected chi connectivity index (χ4v) is 2.75. The minimum Gasteiger partial charge on any atom is -0.506 e. The highest BCUT2D eigenvalue weighted by atomic mass is 16.3. The van der Waals surface area contributed by atoms with Crippen LogP contribution in [-0.4, -0.2) is 32.9 Å². The number of hydrogen-bond acceptors (Lipinski definition) is 5. The Morgan fingerprint density at radius 2 is 1.85 bits per heavy atom. The maximum absolute atomic E-state index is 12.5. The van der Waals surface area contributed by atoms with Crippen LogP contribution in [0.2, 0.25) is 0 Å². The van der Waals surface area contributed by atoms with Gasteiger partial charge in [0.2, 0.25) is 0 Å². The molecule has 132 valence electrons. The van der Waals surface area contributed by atoms with Crippen LogP contribution in [-0.2, 0) is 11.8 Å². The summed E-state index contributed by atoms with van der Waals surface area (Å²) in [5.41, 5.74) is 1.18. The Morgan fingerprint density at radius 3 is 2.50 bits per heavy atom. The highest BCUT2D eigenvalue weighted by Crippen LogP contribution is 2.30. The van der Waals surface area contributed by atoms with Crippen molar-refractivity contribution in [3.05, 3.63) is 58.6 Å². The third-order valence-corrected chi connectivity index (χ3v) is 4.11. The highest BCUT2D eigenvalue weighted by Gasteiger charge is 2.21. The lowest BCUT2D eigenvalue weighted by Crippen LogP contribution is -2.34. The van der Waals surface area contributed by atoms with Crippen LogP contribution < -0.4 is 10.9 Å². The SMILES string of the molecule is CC(=O)CNC(=O)c1c(O)c2cc(-c3ccncc3)ccc2n(C)c1=O. The summed E-state index contributed by atoms with van der Waals surface area (Å²) in [6.45, 7) is 1.11. The topological polar surface area (TPSA) is 101 Å². The zero-order valence-electron chi connectivity index (χ0n) is 14.3. The lowest BCUT2D eigenvalue weighted by atomic mass is 10.0. The molecule has 3 aromatic rings. The van der Waals surface area contributed by atoms with E-state index in [9.17, 15) is 19.5 Å². The molecule has 26 heavy (non-hydrogen) atoms. The van der Waals surface area contributed by atoms with Gasteiger partial charge in [0.05, 0.1) is 12.1 Å². The van der Waals surface area contributed by atoms with Gasteiger partial charge in [-0.15, -0.1) is 0 Å². The summed E-state index contributed by atoms with van der Waals surface area (Å²) in [5.74, 6) is -1.44. The molecule has 2 aromatic heterocycles. The molecule has 0 aliphatic heterocycles. The number of fused-ring (bicyclic) bond motifs is 1. The first-order chi connectivity index (χ1) is 12.4. The number of pyridine rings is 2. The average Bonchev–Trinajstić information content (AvgIpc) is 2.65. The quantitative estimate of drug-likeness (QED) is 0.744. The van der Waals surface area contributed by atoms with Crippen molar-refractivity contribution in [2.24, 2.45) is 7.05 Å². The van der Waals surface area contributed by atoms with Gasteiger partial charge in [-0.25, -0.2) is 0 Å². The van der Waals surface area contributed by atoms with Crippen molar-refractivity contribution in [2.45, 2.75) is 6.92 Å². The number of nitrogens with one attached hydrogen (secondary N) is 1. The third-order valence-electron chi connectivity index (χ3n) is 4.11. The molecule has 1 aromatic carbocycles. The van der Waals surface area contributed by atoms with Crippen LogP contribution in [0.4, 0.5) is 0 Å². The molecule has 0 radical (unpaired) electrons. The van der Waals surface area contributed by atoms with Gasteiger partial charge in [0.1, 0.15) is 17.1 Å². The molecule has 7 nitrogen and oxygen atoms in total. The summed E-state index contributed by atoms with van der Waals surface area (Å²) in [6, 6.07) is 8.89. The van der Waals surface area contributed by atoms with E-state index in [0.29, 0.717) is 10.9 Å². The number of hydrogen-bond donors (Lipinski definition) is 2. The molecule has 0 aliphatic rings. The smallest absolute Gasteiger partial charge is 0.267 e. The van der Waals surface area contributed by atoms with E-state index in [1.54, 1.807) is 24.5 Å². The van der Waals surface area contributed by atoms with Crippen molar-refractivity contribution >= 4 is 22.6 Å². The van der Waals surface area contributed by atoms with Crippen molar-refractivity contribution < 1.29 is 14.7 Å². The maximum Gasteiger partial charge on any atom is 0.267 e. The first kappa shape index (κ1) is 17.3. The van der Waals surface area contributed by atoms with Gasteiger partial charge < -0.3 is 15.0 Å². The first-order valence-corrected chi connectivity index (χ1v) is 7.94. The maximum atomic E-state index is 12.5. The normalized spacial score (nSPS) is 10.7. The summed E-state index contributed by atoms with van der Waals surface area (Å²) in [4.78, 5) is 39.8. The summed E-state index contributed by atoms with van der Waals surface area (Å²) in [5, 5.41) is 13.3. The number of amides is 1. The molecular formula is C19H17N3O4. The molecular weight excluding hydrogens is 334 g/mol. The van der Waals surface area contributed by atoms with Crippen molar-refractivity contribution in [3.8, 4) is 16.9 Å². The van der Waals surface area contributed by atoms with E-state index in [4.69, 9.17) is 0 Å². The number of aryl methyl sites for hydroxylation is 1. The number of carbonyl (C=O) groups excluding carboxylic acids is 2.